The molecule has 0 radical (unpaired) electrons. The number of hydrogen-bond donors (Lipinski definition) is 2. The fourth-order valence-corrected chi connectivity index (χ4v) is 0.880. The quantitative estimate of drug-likeness (QED) is 0.567. The largest absolute Gasteiger partial charge is 0.481 e. The van der Waals surface area contributed by atoms with Gasteiger partial charge in [-0.2, -0.15) is 0 Å². The highest BCUT2D eigenvalue weighted by molar-refractivity contribution is 5.66. The maximum atomic E-state index is 10.0. The topological polar surface area (TPSA) is 49.3 Å². The Balaban J connectivity index is 1.97. The minimum atomic E-state index is -0.679. The second-order valence-electron chi connectivity index (χ2n) is 2.46. The molecule has 1 heterocycles. The Morgan fingerprint density at radius 3 is 2.67 bits per heavy atom. The summed E-state index contributed by atoms with van der Waals surface area (Å²) in [6.07, 6.45) is 1.16. The molecule has 0 unspecified atom stereocenters. The first-order valence-electron chi connectivity index (χ1n) is 3.21. The predicted molar refractivity (Wildman–Crippen MR) is 33.2 cm³/mol. The molecule has 0 aliphatic carbocycles. The Bertz CT molecular complexity index is 110. The molecular formula is C6H11NO2. The van der Waals surface area contributed by atoms with Gasteiger partial charge in [-0.05, 0) is 25.4 Å². The molecule has 1 rings (SSSR count). The molecule has 0 aromatic heterocycles. The summed E-state index contributed by atoms with van der Waals surface area (Å²) in [7, 11) is 0. The van der Waals surface area contributed by atoms with Crippen molar-refractivity contribution < 1.29 is 9.90 Å². The van der Waals surface area contributed by atoms with Crippen molar-refractivity contribution in [2.75, 3.05) is 13.1 Å². The summed E-state index contributed by atoms with van der Waals surface area (Å²) in [4.78, 5) is 10.0. The molecule has 1 fully saturated rings. The first kappa shape index (κ1) is 6.55. The van der Waals surface area contributed by atoms with Gasteiger partial charge in [0.25, 0.3) is 0 Å². The summed E-state index contributed by atoms with van der Waals surface area (Å²) < 4.78 is 0. The van der Waals surface area contributed by atoms with Gasteiger partial charge < -0.3 is 10.4 Å². The smallest absolute Gasteiger partial charge is 0.303 e. The minimum Gasteiger partial charge on any atom is -0.481 e. The van der Waals surface area contributed by atoms with Crippen LogP contribution in [-0.4, -0.2) is 24.2 Å². The highest BCUT2D eigenvalue weighted by Crippen LogP contribution is 2.09. The van der Waals surface area contributed by atoms with E-state index in [-0.39, 0.29) is 0 Å². The van der Waals surface area contributed by atoms with E-state index in [1.165, 1.54) is 0 Å². The average molecular weight is 129 g/mol. The summed E-state index contributed by atoms with van der Waals surface area (Å²) >= 11 is 0. The Morgan fingerprint density at radius 2 is 2.33 bits per heavy atom. The maximum Gasteiger partial charge on any atom is 0.303 e. The van der Waals surface area contributed by atoms with E-state index in [0.717, 1.165) is 19.5 Å². The average Bonchev–Trinajstić information content (AvgIpc) is 1.60. The number of carbonyl (C=O) groups is 1. The van der Waals surface area contributed by atoms with Crippen molar-refractivity contribution in [1.29, 1.82) is 0 Å². The van der Waals surface area contributed by atoms with Crippen LogP contribution in [-0.2, 0) is 4.79 Å². The summed E-state index contributed by atoms with van der Waals surface area (Å²) in [5.74, 6) is -0.0528. The predicted octanol–water partition coefficient (Wildman–Crippen LogP) is 0.0706. The van der Waals surface area contributed by atoms with Crippen LogP contribution in [0.4, 0.5) is 0 Å². The lowest BCUT2D eigenvalue weighted by atomic mass is 9.98. The number of aliphatic carboxylic acids is 1. The SMILES string of the molecule is O=C(O)CCC1CNC1. The summed E-state index contributed by atoms with van der Waals surface area (Å²) in [5.41, 5.74) is 0. The van der Waals surface area contributed by atoms with Crippen LogP contribution in [0.3, 0.4) is 0 Å². The van der Waals surface area contributed by atoms with Crippen LogP contribution in [0.1, 0.15) is 12.8 Å². The van der Waals surface area contributed by atoms with Gasteiger partial charge in [-0.3, -0.25) is 4.79 Å². The van der Waals surface area contributed by atoms with Gasteiger partial charge in [0.15, 0.2) is 0 Å². The number of hydrogen-bond acceptors (Lipinski definition) is 2. The van der Waals surface area contributed by atoms with E-state index >= 15 is 0 Å². The molecule has 3 nitrogen and oxygen atoms in total. The van der Waals surface area contributed by atoms with E-state index < -0.39 is 5.97 Å². The van der Waals surface area contributed by atoms with Crippen LogP contribution in [0.2, 0.25) is 0 Å². The Kier molecular flexibility index (Phi) is 2.05. The van der Waals surface area contributed by atoms with Gasteiger partial charge in [-0.15, -0.1) is 0 Å². The van der Waals surface area contributed by atoms with Crippen molar-refractivity contribution in [1.82, 2.24) is 5.32 Å². The first-order valence-corrected chi connectivity index (χ1v) is 3.21. The zero-order chi connectivity index (χ0) is 6.69. The van der Waals surface area contributed by atoms with E-state index in [4.69, 9.17) is 5.11 Å². The van der Waals surface area contributed by atoms with E-state index in [2.05, 4.69) is 5.32 Å². The summed E-state index contributed by atoms with van der Waals surface area (Å²) in [6.45, 7) is 2.01. The molecule has 52 valence electrons. The van der Waals surface area contributed by atoms with Crippen LogP contribution in [0, 0.1) is 5.92 Å². The highest BCUT2D eigenvalue weighted by atomic mass is 16.4. The van der Waals surface area contributed by atoms with E-state index in [0.29, 0.717) is 12.3 Å². The van der Waals surface area contributed by atoms with Gasteiger partial charge in [0, 0.05) is 6.42 Å². The lowest BCUT2D eigenvalue weighted by Crippen LogP contribution is -2.41. The Hall–Kier alpha value is -0.570. The first-order chi connectivity index (χ1) is 4.29. The van der Waals surface area contributed by atoms with Crippen molar-refractivity contribution >= 4 is 5.97 Å². The molecule has 0 amide bonds. The fraction of sp³-hybridized carbons (Fsp3) is 0.833. The van der Waals surface area contributed by atoms with E-state index in [1.807, 2.05) is 0 Å². The van der Waals surface area contributed by atoms with Crippen molar-refractivity contribution in [2.24, 2.45) is 5.92 Å². The molecule has 0 spiro atoms. The van der Waals surface area contributed by atoms with Gasteiger partial charge in [-0.1, -0.05) is 0 Å². The third-order valence-corrected chi connectivity index (χ3v) is 1.63. The lowest BCUT2D eigenvalue weighted by molar-refractivity contribution is -0.137. The standard InChI is InChI=1S/C6H11NO2/c8-6(9)2-1-5-3-7-4-5/h5,7H,1-4H2,(H,8,9). The third-order valence-electron chi connectivity index (χ3n) is 1.63. The number of carboxylic acid groups (broad SMARTS) is 1. The monoisotopic (exact) mass is 129 g/mol. The van der Waals surface area contributed by atoms with Crippen molar-refractivity contribution in [3.63, 3.8) is 0 Å². The molecule has 0 aromatic carbocycles. The molecule has 3 heteroatoms. The van der Waals surface area contributed by atoms with Crippen molar-refractivity contribution in [3.8, 4) is 0 Å². The maximum absolute atomic E-state index is 10.0. The summed E-state index contributed by atoms with van der Waals surface area (Å²) in [5, 5.41) is 11.4. The van der Waals surface area contributed by atoms with Crippen molar-refractivity contribution in [3.05, 3.63) is 0 Å². The van der Waals surface area contributed by atoms with Crippen LogP contribution in [0.15, 0.2) is 0 Å². The zero-order valence-corrected chi connectivity index (χ0v) is 5.26. The van der Waals surface area contributed by atoms with Gasteiger partial charge in [0.05, 0.1) is 0 Å². The second kappa shape index (κ2) is 2.82. The van der Waals surface area contributed by atoms with Crippen LogP contribution < -0.4 is 5.32 Å². The number of carboxylic acids is 1. The van der Waals surface area contributed by atoms with Crippen LogP contribution in [0.5, 0.6) is 0 Å². The number of nitrogens with one attached hydrogen (secondary N) is 1. The van der Waals surface area contributed by atoms with Gasteiger partial charge >= 0.3 is 5.97 Å². The second-order valence-corrected chi connectivity index (χ2v) is 2.46. The molecule has 1 aliphatic rings. The lowest BCUT2D eigenvalue weighted by Gasteiger charge is -2.26. The molecule has 0 aromatic rings. The normalized spacial score (nSPS) is 19.1. The van der Waals surface area contributed by atoms with Crippen LogP contribution >= 0.6 is 0 Å². The van der Waals surface area contributed by atoms with E-state index in [1.54, 1.807) is 0 Å². The van der Waals surface area contributed by atoms with Gasteiger partial charge in [0.2, 0.25) is 0 Å². The van der Waals surface area contributed by atoms with E-state index in [9.17, 15) is 4.79 Å². The Morgan fingerprint density at radius 1 is 1.67 bits per heavy atom. The van der Waals surface area contributed by atoms with Crippen molar-refractivity contribution in [2.45, 2.75) is 12.8 Å². The fourth-order valence-electron chi connectivity index (χ4n) is 0.880. The molecule has 1 saturated heterocycles. The molecule has 2 N–H and O–H groups in total. The molecule has 1 aliphatic heterocycles. The third kappa shape index (κ3) is 2.01. The zero-order valence-electron chi connectivity index (χ0n) is 5.26. The van der Waals surface area contributed by atoms with Gasteiger partial charge in [0.1, 0.15) is 0 Å². The van der Waals surface area contributed by atoms with Crippen LogP contribution in [0.25, 0.3) is 0 Å². The van der Waals surface area contributed by atoms with Gasteiger partial charge in [-0.25, -0.2) is 0 Å². The molecule has 0 bridgehead atoms. The molecule has 0 atom stereocenters. The summed E-state index contributed by atoms with van der Waals surface area (Å²) in [6, 6.07) is 0. The molecule has 0 saturated carbocycles. The Labute approximate surface area is 54.1 Å². The molecular weight excluding hydrogens is 118 g/mol. The molecule has 9 heavy (non-hydrogen) atoms. The minimum absolute atomic E-state index is 0.326. The highest BCUT2D eigenvalue weighted by Gasteiger charge is 2.16. The number of rotatable bonds is 3.